The number of hydrogen-bond acceptors (Lipinski definition) is 5. The lowest BCUT2D eigenvalue weighted by Gasteiger charge is -2.30. The molecule has 7 nitrogen and oxygen atoms in total. The number of aliphatic imine (C=N–C) groups is 1. The molecule has 4 rings (SSSR count). The third kappa shape index (κ3) is 3.64. The van der Waals surface area contributed by atoms with E-state index in [2.05, 4.69) is 21.5 Å². The number of nitrogens with zero attached hydrogens (tertiary/aromatic N) is 5. The number of rotatable bonds is 5. The van der Waals surface area contributed by atoms with E-state index in [9.17, 15) is 9.59 Å². The van der Waals surface area contributed by atoms with Crippen LogP contribution in [0.5, 0.6) is 0 Å². The van der Waals surface area contributed by atoms with Gasteiger partial charge in [-0.25, -0.2) is 15.0 Å². The summed E-state index contributed by atoms with van der Waals surface area (Å²) in [4.78, 5) is 42.1. The third-order valence-corrected chi connectivity index (χ3v) is 6.04. The summed E-state index contributed by atoms with van der Waals surface area (Å²) in [6.07, 6.45) is 7.74. The smallest absolute Gasteiger partial charge is 0.272 e. The minimum Gasteiger partial charge on any atom is -0.337 e. The van der Waals surface area contributed by atoms with Crippen molar-refractivity contribution in [2.75, 3.05) is 18.0 Å². The van der Waals surface area contributed by atoms with Gasteiger partial charge in [0.05, 0.1) is 23.0 Å². The zero-order valence-corrected chi connectivity index (χ0v) is 18.9. The number of fused-ring (bicyclic) bond motifs is 1. The Bertz CT molecular complexity index is 1160. The number of benzene rings is 1. The van der Waals surface area contributed by atoms with Crippen molar-refractivity contribution in [3.63, 3.8) is 0 Å². The molecule has 0 radical (unpaired) electrons. The molecule has 164 valence electrons. The van der Waals surface area contributed by atoms with Gasteiger partial charge in [0.2, 0.25) is 5.91 Å². The molecule has 1 saturated heterocycles. The molecule has 0 aliphatic carbocycles. The van der Waals surface area contributed by atoms with Crippen LogP contribution in [0.2, 0.25) is 0 Å². The molecule has 32 heavy (non-hydrogen) atoms. The Morgan fingerprint density at radius 2 is 1.88 bits per heavy atom. The highest BCUT2D eigenvalue weighted by Crippen LogP contribution is 2.44. The molecule has 1 fully saturated rings. The Hall–Kier alpha value is -3.61. The van der Waals surface area contributed by atoms with Crippen LogP contribution in [0.3, 0.4) is 0 Å². The zero-order chi connectivity index (χ0) is 23.0. The fourth-order valence-electron chi connectivity index (χ4n) is 3.89. The Kier molecular flexibility index (Phi) is 5.50. The number of carbonyl (C=O) groups is 2. The van der Waals surface area contributed by atoms with Gasteiger partial charge in [-0.15, -0.1) is 0 Å². The van der Waals surface area contributed by atoms with E-state index in [4.69, 9.17) is 0 Å². The van der Waals surface area contributed by atoms with E-state index in [-0.39, 0.29) is 11.8 Å². The molecular weight excluding hydrogens is 402 g/mol. The second kappa shape index (κ2) is 8.15. The first-order valence-electron chi connectivity index (χ1n) is 10.7. The molecule has 1 aromatic carbocycles. The molecule has 2 aliphatic rings. The SMILES string of the molecule is C=C(C=N/C(=C\C)C(=O)N1CCC1)N1C(=O)C(C)(C)c2ccc(-c3cnc(C)nc3)cc21. The molecule has 2 aliphatic heterocycles. The van der Waals surface area contributed by atoms with Crippen LogP contribution in [0, 0.1) is 6.92 Å². The van der Waals surface area contributed by atoms with Crippen LogP contribution in [-0.2, 0) is 15.0 Å². The van der Waals surface area contributed by atoms with Crippen molar-refractivity contribution in [1.82, 2.24) is 14.9 Å². The number of aromatic nitrogens is 2. The van der Waals surface area contributed by atoms with Crippen molar-refractivity contribution < 1.29 is 9.59 Å². The van der Waals surface area contributed by atoms with Crippen LogP contribution in [0.15, 0.2) is 59.6 Å². The van der Waals surface area contributed by atoms with Gasteiger partial charge in [0.15, 0.2) is 0 Å². The predicted octanol–water partition coefficient (Wildman–Crippen LogP) is 3.80. The standard InChI is InChI=1S/C25H27N5O2/c1-6-21(23(31)29-10-7-11-29)28-13-16(2)30-22-12-18(19-14-26-17(3)27-15-19)8-9-20(22)25(4,5)24(30)32/h6,8-9,12-15H,2,7,10-11H2,1,3-5H3/b21-6-,28-13?. The summed E-state index contributed by atoms with van der Waals surface area (Å²) in [5.41, 5.74) is 3.50. The van der Waals surface area contributed by atoms with Crippen LogP contribution in [0.1, 0.15) is 38.6 Å². The molecule has 1 aromatic heterocycles. The van der Waals surface area contributed by atoms with Crippen molar-refractivity contribution in [2.45, 2.75) is 39.5 Å². The first kappa shape index (κ1) is 21.6. The van der Waals surface area contributed by atoms with E-state index in [0.29, 0.717) is 17.2 Å². The molecular formula is C25H27N5O2. The summed E-state index contributed by atoms with van der Waals surface area (Å²) in [5, 5.41) is 0. The summed E-state index contributed by atoms with van der Waals surface area (Å²) >= 11 is 0. The number of allylic oxidation sites excluding steroid dienone is 2. The van der Waals surface area contributed by atoms with Crippen molar-refractivity contribution in [2.24, 2.45) is 4.99 Å². The van der Waals surface area contributed by atoms with Gasteiger partial charge in [-0.1, -0.05) is 24.8 Å². The zero-order valence-electron chi connectivity index (χ0n) is 18.9. The number of carbonyl (C=O) groups excluding carboxylic acids is 2. The van der Waals surface area contributed by atoms with E-state index < -0.39 is 5.41 Å². The highest BCUT2D eigenvalue weighted by atomic mass is 16.2. The fourth-order valence-corrected chi connectivity index (χ4v) is 3.89. The maximum absolute atomic E-state index is 13.3. The summed E-state index contributed by atoms with van der Waals surface area (Å²) in [5.74, 6) is 0.514. The second-order valence-electron chi connectivity index (χ2n) is 8.59. The van der Waals surface area contributed by atoms with Gasteiger partial charge < -0.3 is 4.90 Å². The van der Waals surface area contributed by atoms with E-state index in [0.717, 1.165) is 41.9 Å². The minimum absolute atomic E-state index is 0.0858. The molecule has 3 heterocycles. The molecule has 0 spiro atoms. The lowest BCUT2D eigenvalue weighted by atomic mass is 9.85. The van der Waals surface area contributed by atoms with Crippen LogP contribution in [0.25, 0.3) is 11.1 Å². The Morgan fingerprint density at radius 1 is 1.19 bits per heavy atom. The molecule has 0 saturated carbocycles. The molecule has 2 amide bonds. The summed E-state index contributed by atoms with van der Waals surface area (Å²) in [6.45, 7) is 13.0. The van der Waals surface area contributed by atoms with E-state index in [1.807, 2.05) is 39.0 Å². The topological polar surface area (TPSA) is 78.8 Å². The highest BCUT2D eigenvalue weighted by molar-refractivity contribution is 6.14. The Balaban J connectivity index is 1.66. The van der Waals surface area contributed by atoms with Crippen LogP contribution < -0.4 is 4.90 Å². The van der Waals surface area contributed by atoms with Crippen LogP contribution >= 0.6 is 0 Å². The van der Waals surface area contributed by atoms with Gasteiger partial charge in [-0.2, -0.15) is 0 Å². The number of anilines is 1. The van der Waals surface area contributed by atoms with Gasteiger partial charge in [0.1, 0.15) is 11.5 Å². The van der Waals surface area contributed by atoms with Gasteiger partial charge in [-0.3, -0.25) is 14.5 Å². The molecule has 2 aromatic rings. The van der Waals surface area contributed by atoms with Gasteiger partial charge in [-0.05, 0) is 51.3 Å². The molecule has 0 unspecified atom stereocenters. The van der Waals surface area contributed by atoms with E-state index in [1.54, 1.807) is 35.2 Å². The van der Waals surface area contributed by atoms with Crippen molar-refractivity contribution in [1.29, 1.82) is 0 Å². The normalized spacial score (nSPS) is 17.5. The van der Waals surface area contributed by atoms with Crippen molar-refractivity contribution in [3.8, 4) is 11.1 Å². The van der Waals surface area contributed by atoms with Gasteiger partial charge >= 0.3 is 0 Å². The predicted molar refractivity (Wildman–Crippen MR) is 125 cm³/mol. The first-order chi connectivity index (χ1) is 15.2. The summed E-state index contributed by atoms with van der Waals surface area (Å²) in [6, 6.07) is 5.90. The van der Waals surface area contributed by atoms with E-state index >= 15 is 0 Å². The second-order valence-corrected chi connectivity index (χ2v) is 8.59. The van der Waals surface area contributed by atoms with Crippen LogP contribution in [0.4, 0.5) is 5.69 Å². The maximum atomic E-state index is 13.3. The average molecular weight is 430 g/mol. The summed E-state index contributed by atoms with van der Waals surface area (Å²) in [7, 11) is 0. The number of hydrogen-bond donors (Lipinski definition) is 0. The van der Waals surface area contributed by atoms with Crippen molar-refractivity contribution in [3.05, 3.63) is 66.0 Å². The third-order valence-electron chi connectivity index (χ3n) is 6.04. The Morgan fingerprint density at radius 3 is 2.47 bits per heavy atom. The molecule has 7 heteroatoms. The van der Waals surface area contributed by atoms with Gasteiger partial charge in [0, 0.05) is 31.0 Å². The largest absolute Gasteiger partial charge is 0.337 e. The van der Waals surface area contributed by atoms with Crippen molar-refractivity contribution >= 4 is 23.7 Å². The quantitative estimate of drug-likeness (QED) is 0.535. The van der Waals surface area contributed by atoms with E-state index in [1.165, 1.54) is 6.21 Å². The maximum Gasteiger partial charge on any atom is 0.272 e. The highest BCUT2D eigenvalue weighted by Gasteiger charge is 2.44. The number of likely N-dealkylation sites (tertiary alicyclic amines) is 1. The minimum atomic E-state index is -0.703. The summed E-state index contributed by atoms with van der Waals surface area (Å²) < 4.78 is 0. The monoisotopic (exact) mass is 429 g/mol. The number of aryl methyl sites for hydroxylation is 1. The fraction of sp³-hybridized carbons (Fsp3) is 0.320. The average Bonchev–Trinajstić information content (AvgIpc) is 2.93. The lowest BCUT2D eigenvalue weighted by Crippen LogP contribution is -2.42. The number of amides is 2. The van der Waals surface area contributed by atoms with Crippen LogP contribution in [-0.4, -0.2) is 46.0 Å². The molecule has 0 N–H and O–H groups in total. The van der Waals surface area contributed by atoms with Gasteiger partial charge in [0.25, 0.3) is 5.91 Å². The Labute approximate surface area is 188 Å². The molecule has 0 bridgehead atoms. The molecule has 0 atom stereocenters. The lowest BCUT2D eigenvalue weighted by molar-refractivity contribution is -0.130. The first-order valence-corrected chi connectivity index (χ1v) is 10.7.